The molecule has 1 heterocycles. The van der Waals surface area contributed by atoms with Crippen LogP contribution < -0.4 is 9.47 Å². The Labute approximate surface area is 191 Å². The van der Waals surface area contributed by atoms with Gasteiger partial charge in [-0.2, -0.15) is 0 Å². The lowest BCUT2D eigenvalue weighted by Crippen LogP contribution is -2.08. The van der Waals surface area contributed by atoms with Gasteiger partial charge in [0, 0.05) is 28.7 Å². The van der Waals surface area contributed by atoms with Crippen molar-refractivity contribution in [3.05, 3.63) is 90.0 Å². The molecule has 0 radical (unpaired) electrons. The fourth-order valence-corrected chi connectivity index (χ4v) is 5.49. The third kappa shape index (κ3) is 3.69. The zero-order chi connectivity index (χ0) is 22.1. The van der Waals surface area contributed by atoms with Crippen LogP contribution in [0.25, 0.3) is 10.8 Å². The Bertz CT molecular complexity index is 1330. The molecule has 0 bridgehead atoms. The quantitative estimate of drug-likeness (QED) is 0.373. The first-order valence-corrected chi connectivity index (χ1v) is 11.3. The molecule has 1 N–H and O–H groups in total. The summed E-state index contributed by atoms with van der Waals surface area (Å²) in [5.41, 5.74) is 3.55. The fraction of sp³-hybridized carbons (Fsp3) is 0.148. The molecule has 4 aromatic carbocycles. The highest BCUT2D eigenvalue weighted by molar-refractivity contribution is 7.99. The average Bonchev–Trinajstić information content (AvgIpc) is 3.02. The van der Waals surface area contributed by atoms with Crippen LogP contribution in [0.5, 0.6) is 17.2 Å². The lowest BCUT2D eigenvalue weighted by molar-refractivity contribution is 0.384. The number of aliphatic imine (C=N–C) groups is 1. The monoisotopic (exact) mass is 441 g/mol. The molecule has 1 aliphatic rings. The number of fused-ring (bicyclic) bond motifs is 2. The van der Waals surface area contributed by atoms with Crippen molar-refractivity contribution >= 4 is 33.9 Å². The molecule has 0 saturated heterocycles. The minimum atomic E-state index is 0.0981. The molecule has 0 spiro atoms. The van der Waals surface area contributed by atoms with E-state index in [0.717, 1.165) is 16.3 Å². The van der Waals surface area contributed by atoms with E-state index in [1.807, 2.05) is 30.0 Å². The van der Waals surface area contributed by atoms with Crippen molar-refractivity contribution < 1.29 is 14.6 Å². The number of nitrogens with zero attached hydrogens (tertiary/aromatic N) is 1. The molecule has 4 nitrogen and oxygen atoms in total. The maximum atomic E-state index is 10.9. The predicted octanol–water partition coefficient (Wildman–Crippen LogP) is 6.92. The highest BCUT2D eigenvalue weighted by Gasteiger charge is 2.27. The van der Waals surface area contributed by atoms with Gasteiger partial charge in [-0.1, -0.05) is 54.6 Å². The maximum Gasteiger partial charge on any atom is 0.135 e. The van der Waals surface area contributed by atoms with Gasteiger partial charge in [0.25, 0.3) is 0 Å². The molecule has 0 aliphatic carbocycles. The molecule has 5 heteroatoms. The fourth-order valence-electron chi connectivity index (χ4n) is 4.22. The molecule has 1 unspecified atom stereocenters. The molecular formula is C27H23NO3S. The minimum Gasteiger partial charge on any atom is -0.507 e. The molecule has 4 aromatic rings. The van der Waals surface area contributed by atoms with E-state index in [9.17, 15) is 5.11 Å². The molecule has 1 aliphatic heterocycles. The number of phenols is 1. The zero-order valence-electron chi connectivity index (χ0n) is 17.9. The van der Waals surface area contributed by atoms with E-state index in [0.29, 0.717) is 23.5 Å². The van der Waals surface area contributed by atoms with Gasteiger partial charge in [-0.15, -0.1) is 11.8 Å². The van der Waals surface area contributed by atoms with Gasteiger partial charge in [-0.3, -0.25) is 4.99 Å². The minimum absolute atomic E-state index is 0.0981. The van der Waals surface area contributed by atoms with Gasteiger partial charge in [0.15, 0.2) is 0 Å². The van der Waals surface area contributed by atoms with Crippen molar-refractivity contribution in [2.24, 2.45) is 4.99 Å². The van der Waals surface area contributed by atoms with E-state index in [4.69, 9.17) is 14.5 Å². The second-order valence-electron chi connectivity index (χ2n) is 7.63. The Morgan fingerprint density at radius 2 is 1.69 bits per heavy atom. The molecule has 5 rings (SSSR count). The molecule has 0 aromatic heterocycles. The van der Waals surface area contributed by atoms with E-state index in [2.05, 4.69) is 48.5 Å². The van der Waals surface area contributed by atoms with Crippen LogP contribution >= 0.6 is 11.8 Å². The average molecular weight is 442 g/mol. The smallest absolute Gasteiger partial charge is 0.135 e. The maximum absolute atomic E-state index is 10.9. The third-order valence-corrected chi connectivity index (χ3v) is 7.04. The van der Waals surface area contributed by atoms with Crippen LogP contribution in [-0.2, 0) is 0 Å². The Balaban J connectivity index is 1.69. The SMILES string of the molecule is COc1cc(O)c(C2=Nc3ccccc3SC(c3cccc4ccccc34)C2)c(OC)c1. The first-order chi connectivity index (χ1) is 15.7. The number of hydrogen-bond acceptors (Lipinski definition) is 5. The van der Waals surface area contributed by atoms with Gasteiger partial charge in [-0.25, -0.2) is 0 Å². The van der Waals surface area contributed by atoms with Crippen molar-refractivity contribution in [1.29, 1.82) is 0 Å². The normalized spacial score (nSPS) is 15.6. The standard InChI is InChI=1S/C27H23NO3S/c1-30-18-14-23(29)27(24(15-18)31-2)22-16-26(32-25-13-6-5-12-21(25)28-22)20-11-7-9-17-8-3-4-10-19(17)20/h3-15,26,29H,16H2,1-2H3. The number of aromatic hydroxyl groups is 1. The predicted molar refractivity (Wildman–Crippen MR) is 131 cm³/mol. The topological polar surface area (TPSA) is 51.0 Å². The summed E-state index contributed by atoms with van der Waals surface area (Å²) >= 11 is 1.81. The van der Waals surface area contributed by atoms with Crippen molar-refractivity contribution in [2.75, 3.05) is 14.2 Å². The Morgan fingerprint density at radius 3 is 2.53 bits per heavy atom. The lowest BCUT2D eigenvalue weighted by Gasteiger charge is -2.20. The van der Waals surface area contributed by atoms with Crippen molar-refractivity contribution in [1.82, 2.24) is 0 Å². The number of thioether (sulfide) groups is 1. The number of hydrogen-bond donors (Lipinski definition) is 1. The molecule has 160 valence electrons. The summed E-state index contributed by atoms with van der Waals surface area (Å²) in [6.07, 6.45) is 0.642. The largest absolute Gasteiger partial charge is 0.507 e. The van der Waals surface area contributed by atoms with Crippen LogP contribution in [0.3, 0.4) is 0 Å². The first-order valence-electron chi connectivity index (χ1n) is 10.4. The highest BCUT2D eigenvalue weighted by atomic mass is 32.2. The van der Waals surface area contributed by atoms with Crippen molar-refractivity contribution in [3.63, 3.8) is 0 Å². The van der Waals surface area contributed by atoms with Crippen LogP contribution in [0.2, 0.25) is 0 Å². The summed E-state index contributed by atoms with van der Waals surface area (Å²) in [6, 6.07) is 26.4. The number of rotatable bonds is 4. The summed E-state index contributed by atoms with van der Waals surface area (Å²) in [4.78, 5) is 6.12. The molecular weight excluding hydrogens is 418 g/mol. The van der Waals surface area contributed by atoms with Crippen LogP contribution in [-0.4, -0.2) is 25.0 Å². The third-order valence-electron chi connectivity index (χ3n) is 5.74. The summed E-state index contributed by atoms with van der Waals surface area (Å²) in [6.45, 7) is 0. The zero-order valence-corrected chi connectivity index (χ0v) is 18.7. The lowest BCUT2D eigenvalue weighted by atomic mass is 9.96. The molecule has 0 fully saturated rings. The Kier molecular flexibility index (Phi) is 5.50. The Hall–Kier alpha value is -3.44. The van der Waals surface area contributed by atoms with Gasteiger partial charge < -0.3 is 14.6 Å². The second-order valence-corrected chi connectivity index (χ2v) is 8.87. The highest BCUT2D eigenvalue weighted by Crippen LogP contribution is 2.48. The molecule has 0 amide bonds. The van der Waals surface area contributed by atoms with Crippen molar-refractivity contribution in [2.45, 2.75) is 16.6 Å². The van der Waals surface area contributed by atoms with E-state index < -0.39 is 0 Å². The number of ether oxygens (including phenoxy) is 2. The molecule has 32 heavy (non-hydrogen) atoms. The number of methoxy groups -OCH3 is 2. The van der Waals surface area contributed by atoms with Crippen LogP contribution in [0.4, 0.5) is 5.69 Å². The van der Waals surface area contributed by atoms with E-state index in [1.165, 1.54) is 16.3 Å². The van der Waals surface area contributed by atoms with Gasteiger partial charge in [0.1, 0.15) is 17.2 Å². The molecule has 0 saturated carbocycles. The number of phenolic OH excluding ortho intramolecular Hbond substituents is 1. The van der Waals surface area contributed by atoms with Crippen LogP contribution in [0.1, 0.15) is 22.8 Å². The first kappa shape index (κ1) is 20.5. The number of para-hydroxylation sites is 1. The second kappa shape index (κ2) is 8.60. The van der Waals surface area contributed by atoms with Gasteiger partial charge in [-0.05, 0) is 28.5 Å². The summed E-state index contributed by atoms with van der Waals surface area (Å²) in [7, 11) is 3.17. The van der Waals surface area contributed by atoms with E-state index in [-0.39, 0.29) is 11.0 Å². The van der Waals surface area contributed by atoms with Crippen LogP contribution in [0, 0.1) is 0 Å². The summed E-state index contributed by atoms with van der Waals surface area (Å²) in [5, 5.41) is 13.5. The Morgan fingerprint density at radius 1 is 0.906 bits per heavy atom. The van der Waals surface area contributed by atoms with Gasteiger partial charge >= 0.3 is 0 Å². The van der Waals surface area contributed by atoms with E-state index in [1.54, 1.807) is 26.4 Å². The van der Waals surface area contributed by atoms with Gasteiger partial charge in [0.2, 0.25) is 0 Å². The van der Waals surface area contributed by atoms with Crippen molar-refractivity contribution in [3.8, 4) is 17.2 Å². The van der Waals surface area contributed by atoms with E-state index >= 15 is 0 Å². The number of benzene rings is 4. The van der Waals surface area contributed by atoms with Crippen LogP contribution in [0.15, 0.2) is 88.8 Å². The van der Waals surface area contributed by atoms with Gasteiger partial charge in [0.05, 0.1) is 31.2 Å². The summed E-state index contributed by atoms with van der Waals surface area (Å²) < 4.78 is 10.9. The molecule has 1 atom stereocenters. The summed E-state index contributed by atoms with van der Waals surface area (Å²) in [5.74, 6) is 1.18.